The molecule has 0 heterocycles. The van der Waals surface area contributed by atoms with Crippen molar-refractivity contribution in [3.63, 3.8) is 0 Å². The van der Waals surface area contributed by atoms with Crippen LogP contribution in [0.1, 0.15) is 68.2 Å². The molecular formula is C34H35F3N2. The molecule has 1 saturated carbocycles. The fraction of sp³-hybridized carbons (Fsp3) is 0.324. The zero-order valence-corrected chi connectivity index (χ0v) is 22.7. The van der Waals surface area contributed by atoms with Crippen LogP contribution in [0, 0.1) is 22.7 Å². The normalized spacial score (nSPS) is 15.7. The van der Waals surface area contributed by atoms with E-state index in [0.717, 1.165) is 54.0 Å². The largest absolute Gasteiger partial charge is 0.417 e. The first kappa shape index (κ1) is 28.2. The Balaban J connectivity index is 1.72. The van der Waals surface area contributed by atoms with E-state index in [-0.39, 0.29) is 11.3 Å². The fourth-order valence-corrected chi connectivity index (χ4v) is 5.81. The number of nitrogens with zero attached hydrogens (tertiary/aromatic N) is 1. The Bertz CT molecular complexity index is 1410. The molecule has 1 aliphatic carbocycles. The minimum Gasteiger partial charge on any atom is -0.359 e. The minimum atomic E-state index is -4.62. The number of anilines is 1. The zero-order chi connectivity index (χ0) is 28.2. The molecule has 4 rings (SSSR count). The van der Waals surface area contributed by atoms with E-state index in [0.29, 0.717) is 18.0 Å². The van der Waals surface area contributed by atoms with Crippen LogP contribution in [-0.4, -0.2) is 0 Å². The maximum atomic E-state index is 13.6. The molecule has 0 aliphatic heterocycles. The highest BCUT2D eigenvalue weighted by atomic mass is 19.4. The summed E-state index contributed by atoms with van der Waals surface area (Å²) in [6, 6.07) is 22.1. The zero-order valence-electron chi connectivity index (χ0n) is 22.7. The summed E-state index contributed by atoms with van der Waals surface area (Å²) >= 11 is 0. The molecule has 0 saturated heterocycles. The summed E-state index contributed by atoms with van der Waals surface area (Å²) in [7, 11) is 0. The van der Waals surface area contributed by atoms with E-state index in [4.69, 9.17) is 0 Å². The molecule has 0 bridgehead atoms. The first-order chi connectivity index (χ1) is 18.5. The van der Waals surface area contributed by atoms with Gasteiger partial charge in [-0.05, 0) is 78.6 Å². The van der Waals surface area contributed by atoms with Gasteiger partial charge in [0.1, 0.15) is 0 Å². The van der Waals surface area contributed by atoms with Crippen molar-refractivity contribution in [2.24, 2.45) is 11.3 Å². The van der Waals surface area contributed by atoms with Crippen molar-refractivity contribution in [3.8, 4) is 17.2 Å². The van der Waals surface area contributed by atoms with Gasteiger partial charge in [0.15, 0.2) is 0 Å². The van der Waals surface area contributed by atoms with Crippen molar-refractivity contribution < 1.29 is 13.2 Å². The summed E-state index contributed by atoms with van der Waals surface area (Å²) in [6.45, 7) is 12.7. The molecule has 3 aromatic carbocycles. The first-order valence-corrected chi connectivity index (χ1v) is 13.4. The van der Waals surface area contributed by atoms with Gasteiger partial charge >= 0.3 is 6.18 Å². The van der Waals surface area contributed by atoms with E-state index in [1.165, 1.54) is 24.1 Å². The molecule has 5 heteroatoms. The number of hydrogen-bond acceptors (Lipinski definition) is 2. The van der Waals surface area contributed by atoms with Gasteiger partial charge in [0.25, 0.3) is 0 Å². The Hall–Kier alpha value is -3.78. The maximum Gasteiger partial charge on any atom is 0.417 e. The van der Waals surface area contributed by atoms with E-state index < -0.39 is 17.2 Å². The van der Waals surface area contributed by atoms with Crippen LogP contribution >= 0.6 is 0 Å². The number of benzene rings is 3. The number of allylic oxidation sites excluding steroid dienone is 2. The van der Waals surface area contributed by atoms with Crippen LogP contribution in [-0.2, 0) is 12.6 Å². The third-order valence-corrected chi connectivity index (χ3v) is 8.18. The lowest BCUT2D eigenvalue weighted by Gasteiger charge is -2.42. The number of nitrogens with one attached hydrogen (secondary N) is 1. The number of hydrogen-bond donors (Lipinski definition) is 1. The van der Waals surface area contributed by atoms with Crippen molar-refractivity contribution in [2.75, 3.05) is 5.32 Å². The SMILES string of the molecule is C=C(C)c1cccc(-c2ccccc2CC(C)(C(=C)Nc2ccc(C#N)c(C(F)(F)F)c2)C2CCCCC2)c1. The van der Waals surface area contributed by atoms with Crippen molar-refractivity contribution >= 4 is 11.3 Å². The first-order valence-electron chi connectivity index (χ1n) is 13.4. The Kier molecular flexibility index (Phi) is 8.35. The van der Waals surface area contributed by atoms with E-state index >= 15 is 0 Å². The van der Waals surface area contributed by atoms with Crippen LogP contribution < -0.4 is 5.32 Å². The van der Waals surface area contributed by atoms with E-state index in [1.807, 2.05) is 25.1 Å². The molecule has 202 valence electrons. The van der Waals surface area contributed by atoms with Crippen LogP contribution in [0.15, 0.2) is 85.6 Å². The monoisotopic (exact) mass is 528 g/mol. The molecular weight excluding hydrogens is 493 g/mol. The fourth-order valence-electron chi connectivity index (χ4n) is 5.81. The molecule has 0 amide bonds. The maximum absolute atomic E-state index is 13.6. The van der Waals surface area contributed by atoms with Crippen molar-refractivity contribution in [3.05, 3.63) is 108 Å². The molecule has 3 aromatic rings. The van der Waals surface area contributed by atoms with E-state index in [1.54, 1.807) is 6.07 Å². The Morgan fingerprint density at radius 2 is 1.69 bits per heavy atom. The lowest BCUT2D eigenvalue weighted by atomic mass is 9.65. The summed E-state index contributed by atoms with van der Waals surface area (Å²) in [5, 5.41) is 12.4. The van der Waals surface area contributed by atoms with Crippen LogP contribution in [0.4, 0.5) is 18.9 Å². The van der Waals surface area contributed by atoms with Crippen molar-refractivity contribution in [1.82, 2.24) is 0 Å². The average Bonchev–Trinajstić information content (AvgIpc) is 2.93. The third kappa shape index (κ3) is 6.28. The summed E-state index contributed by atoms with van der Waals surface area (Å²) in [6.07, 6.45) is 1.63. The predicted octanol–water partition coefficient (Wildman–Crippen LogP) is 10.0. The van der Waals surface area contributed by atoms with E-state index in [9.17, 15) is 18.4 Å². The van der Waals surface area contributed by atoms with Gasteiger partial charge in [0.2, 0.25) is 0 Å². The van der Waals surface area contributed by atoms with Gasteiger partial charge in [0.05, 0.1) is 17.2 Å². The summed E-state index contributed by atoms with van der Waals surface area (Å²) in [5.74, 6) is 0.335. The Morgan fingerprint density at radius 3 is 2.36 bits per heavy atom. The van der Waals surface area contributed by atoms with E-state index in [2.05, 4.69) is 55.7 Å². The highest BCUT2D eigenvalue weighted by Crippen LogP contribution is 2.47. The lowest BCUT2D eigenvalue weighted by Crippen LogP contribution is -2.36. The highest BCUT2D eigenvalue weighted by molar-refractivity contribution is 5.73. The minimum absolute atomic E-state index is 0.288. The molecule has 1 atom stereocenters. The van der Waals surface area contributed by atoms with Gasteiger partial charge in [-0.1, -0.05) is 87.4 Å². The second-order valence-corrected chi connectivity index (χ2v) is 10.9. The number of rotatable bonds is 8. The van der Waals surface area contributed by atoms with Gasteiger partial charge in [0, 0.05) is 16.8 Å². The van der Waals surface area contributed by atoms with Gasteiger partial charge in [-0.2, -0.15) is 18.4 Å². The molecule has 39 heavy (non-hydrogen) atoms. The van der Waals surface area contributed by atoms with Crippen molar-refractivity contribution in [2.45, 2.75) is 58.5 Å². The average molecular weight is 529 g/mol. The van der Waals surface area contributed by atoms with Crippen LogP contribution in [0.5, 0.6) is 0 Å². The topological polar surface area (TPSA) is 35.8 Å². The standard InChI is InChI=1S/C34H35F3N2/c1-23(2)25-12-10-13-26(19-25)31-16-9-8-11-27(31)21-33(4,29-14-6-5-7-15-29)24(3)39-30-18-17-28(22-38)32(20-30)34(35,36)37/h8-13,16-20,29,39H,1,3,5-7,14-15,21H2,2,4H3. The second kappa shape index (κ2) is 11.5. The number of halogens is 3. The molecule has 0 aromatic heterocycles. The van der Waals surface area contributed by atoms with Crippen molar-refractivity contribution in [1.29, 1.82) is 5.26 Å². The summed E-state index contributed by atoms with van der Waals surface area (Å²) in [4.78, 5) is 0. The molecule has 1 fully saturated rings. The molecule has 1 unspecified atom stereocenters. The predicted molar refractivity (Wildman–Crippen MR) is 154 cm³/mol. The van der Waals surface area contributed by atoms with Crippen LogP contribution in [0.2, 0.25) is 0 Å². The molecule has 1 N–H and O–H groups in total. The summed E-state index contributed by atoms with van der Waals surface area (Å²) in [5.41, 5.74) is 4.74. The smallest absolute Gasteiger partial charge is 0.359 e. The Morgan fingerprint density at radius 1 is 0.974 bits per heavy atom. The molecule has 2 nitrogen and oxygen atoms in total. The second-order valence-electron chi connectivity index (χ2n) is 10.9. The van der Waals surface area contributed by atoms with Crippen LogP contribution in [0.25, 0.3) is 16.7 Å². The lowest BCUT2D eigenvalue weighted by molar-refractivity contribution is -0.137. The summed E-state index contributed by atoms with van der Waals surface area (Å²) < 4.78 is 40.9. The van der Waals surface area contributed by atoms with Gasteiger partial charge in [-0.3, -0.25) is 0 Å². The molecule has 0 spiro atoms. The molecule has 0 radical (unpaired) electrons. The van der Waals surface area contributed by atoms with Crippen LogP contribution in [0.3, 0.4) is 0 Å². The molecule has 1 aliphatic rings. The van der Waals surface area contributed by atoms with Gasteiger partial charge < -0.3 is 5.32 Å². The third-order valence-electron chi connectivity index (χ3n) is 8.18. The van der Waals surface area contributed by atoms with Gasteiger partial charge in [-0.25, -0.2) is 0 Å². The highest BCUT2D eigenvalue weighted by Gasteiger charge is 2.39. The Labute approximate surface area is 229 Å². The number of nitriles is 1. The van der Waals surface area contributed by atoms with Gasteiger partial charge in [-0.15, -0.1) is 0 Å². The number of alkyl halides is 3. The quantitative estimate of drug-likeness (QED) is 0.316.